The Labute approximate surface area is 197 Å². The van der Waals surface area contributed by atoms with E-state index >= 15 is 0 Å². The van der Waals surface area contributed by atoms with Gasteiger partial charge in [0, 0.05) is 26.6 Å². The molecule has 9 nitrogen and oxygen atoms in total. The molecule has 0 spiro atoms. The van der Waals surface area contributed by atoms with Crippen LogP contribution in [0.2, 0.25) is 0 Å². The number of aromatic nitrogens is 2. The molecule has 1 aliphatic heterocycles. The van der Waals surface area contributed by atoms with Gasteiger partial charge in [0.25, 0.3) is 5.56 Å². The molecule has 0 aliphatic carbocycles. The van der Waals surface area contributed by atoms with Crippen LogP contribution in [0.5, 0.6) is 5.75 Å². The first-order valence-electron chi connectivity index (χ1n) is 11.1. The lowest BCUT2D eigenvalue weighted by Gasteiger charge is -2.25. The molecule has 1 aromatic heterocycles. The maximum Gasteiger partial charge on any atom is 0.258 e. The van der Waals surface area contributed by atoms with E-state index in [1.165, 1.54) is 0 Å². The van der Waals surface area contributed by atoms with E-state index in [-0.39, 0.29) is 36.9 Å². The molecule has 1 N–H and O–H groups in total. The molecular formula is C25H28N4O5. The van der Waals surface area contributed by atoms with Crippen LogP contribution in [0.3, 0.4) is 0 Å². The van der Waals surface area contributed by atoms with Crippen molar-refractivity contribution >= 4 is 28.4 Å². The number of amides is 2. The number of rotatable bonds is 8. The number of aryl methyl sites for hydroxylation is 1. The van der Waals surface area contributed by atoms with Crippen LogP contribution in [-0.4, -0.2) is 60.6 Å². The summed E-state index contributed by atoms with van der Waals surface area (Å²) in [5.41, 5.74) is 1.96. The Morgan fingerprint density at radius 2 is 2.00 bits per heavy atom. The van der Waals surface area contributed by atoms with Crippen LogP contribution < -0.4 is 15.2 Å². The van der Waals surface area contributed by atoms with Crippen molar-refractivity contribution in [1.82, 2.24) is 14.9 Å². The molecule has 1 unspecified atom stereocenters. The molecule has 9 heteroatoms. The molecule has 0 bridgehead atoms. The monoisotopic (exact) mass is 464 g/mol. The Morgan fingerprint density at radius 3 is 2.76 bits per heavy atom. The first-order chi connectivity index (χ1) is 16.4. The van der Waals surface area contributed by atoms with Crippen molar-refractivity contribution in [3.63, 3.8) is 0 Å². The molecule has 2 heterocycles. The molecule has 3 aromatic rings. The first-order valence-corrected chi connectivity index (χ1v) is 11.1. The zero-order valence-electron chi connectivity index (χ0n) is 19.5. The summed E-state index contributed by atoms with van der Waals surface area (Å²) in [5, 5.41) is 0.491. The van der Waals surface area contributed by atoms with Crippen molar-refractivity contribution in [1.29, 1.82) is 0 Å². The van der Waals surface area contributed by atoms with Crippen LogP contribution in [0.25, 0.3) is 10.9 Å². The van der Waals surface area contributed by atoms with Gasteiger partial charge in [0.1, 0.15) is 11.6 Å². The van der Waals surface area contributed by atoms with Gasteiger partial charge < -0.3 is 24.3 Å². The number of ether oxygens (including phenoxy) is 2. The average molecular weight is 465 g/mol. The largest absolute Gasteiger partial charge is 0.495 e. The van der Waals surface area contributed by atoms with Gasteiger partial charge in [0.2, 0.25) is 11.8 Å². The summed E-state index contributed by atoms with van der Waals surface area (Å²) in [7, 11) is 3.12. The molecule has 0 radical (unpaired) electrons. The van der Waals surface area contributed by atoms with E-state index in [4.69, 9.17) is 9.47 Å². The van der Waals surface area contributed by atoms with Gasteiger partial charge in [-0.3, -0.25) is 14.4 Å². The number of nitrogens with zero attached hydrogens (tertiary/aromatic N) is 3. The fraction of sp³-hybridized carbons (Fsp3) is 0.360. The van der Waals surface area contributed by atoms with Crippen LogP contribution in [0, 0.1) is 12.8 Å². The van der Waals surface area contributed by atoms with Crippen LogP contribution in [0.1, 0.15) is 17.8 Å². The Balaban J connectivity index is 1.57. The van der Waals surface area contributed by atoms with Crippen molar-refractivity contribution in [2.45, 2.75) is 19.9 Å². The van der Waals surface area contributed by atoms with Crippen molar-refractivity contribution in [3.8, 4) is 5.75 Å². The molecule has 1 fully saturated rings. The normalized spacial score (nSPS) is 15.7. The third-order valence-electron chi connectivity index (χ3n) is 5.98. The number of H-pyrrole nitrogens is 1. The fourth-order valence-corrected chi connectivity index (χ4v) is 4.23. The van der Waals surface area contributed by atoms with Gasteiger partial charge in [-0.2, -0.15) is 0 Å². The lowest BCUT2D eigenvalue weighted by molar-refractivity contribution is -0.137. The zero-order valence-corrected chi connectivity index (χ0v) is 19.5. The second-order valence-electron chi connectivity index (χ2n) is 8.36. The van der Waals surface area contributed by atoms with Crippen LogP contribution in [0.4, 0.5) is 5.69 Å². The summed E-state index contributed by atoms with van der Waals surface area (Å²) in [4.78, 5) is 49.3. The van der Waals surface area contributed by atoms with E-state index < -0.39 is 5.92 Å². The minimum Gasteiger partial charge on any atom is -0.495 e. The average Bonchev–Trinajstić information content (AvgIpc) is 3.22. The molecule has 178 valence electrons. The SMILES string of the molecule is COCCN(Cc1nc2ccccc2c(=O)[nH]1)C(=O)C1CC(=O)N(c2cc(C)ccc2OC)C1. The third-order valence-corrected chi connectivity index (χ3v) is 5.98. The summed E-state index contributed by atoms with van der Waals surface area (Å²) >= 11 is 0. The third kappa shape index (κ3) is 4.79. The first kappa shape index (κ1) is 23.4. The molecule has 1 atom stereocenters. The second-order valence-corrected chi connectivity index (χ2v) is 8.36. The van der Waals surface area contributed by atoms with Gasteiger partial charge in [-0.05, 0) is 36.8 Å². The highest BCUT2D eigenvalue weighted by molar-refractivity contribution is 6.01. The number of anilines is 1. The van der Waals surface area contributed by atoms with Crippen LogP contribution in [0.15, 0.2) is 47.3 Å². The molecule has 1 aliphatic rings. The van der Waals surface area contributed by atoms with Crippen LogP contribution in [-0.2, 0) is 20.9 Å². The van der Waals surface area contributed by atoms with E-state index in [1.807, 2.05) is 31.2 Å². The van der Waals surface area contributed by atoms with E-state index in [1.54, 1.807) is 42.2 Å². The topological polar surface area (TPSA) is 105 Å². The maximum absolute atomic E-state index is 13.5. The highest BCUT2D eigenvalue weighted by Gasteiger charge is 2.38. The van der Waals surface area contributed by atoms with E-state index in [0.29, 0.717) is 41.3 Å². The lowest BCUT2D eigenvalue weighted by Crippen LogP contribution is -2.39. The quantitative estimate of drug-likeness (QED) is 0.548. The molecular weight excluding hydrogens is 436 g/mol. The number of nitrogens with one attached hydrogen (secondary N) is 1. The molecule has 2 aromatic carbocycles. The summed E-state index contributed by atoms with van der Waals surface area (Å²) in [6, 6.07) is 12.7. The molecule has 2 amide bonds. The van der Waals surface area contributed by atoms with Crippen LogP contribution >= 0.6 is 0 Å². The molecule has 1 saturated heterocycles. The highest BCUT2D eigenvalue weighted by atomic mass is 16.5. The number of hydrogen-bond acceptors (Lipinski definition) is 6. The van der Waals surface area contributed by atoms with Gasteiger partial charge in [-0.25, -0.2) is 4.98 Å². The summed E-state index contributed by atoms with van der Waals surface area (Å²) in [6.07, 6.45) is 0.0983. The Morgan fingerprint density at radius 1 is 1.21 bits per heavy atom. The van der Waals surface area contributed by atoms with Crippen molar-refractivity contribution in [3.05, 3.63) is 64.2 Å². The summed E-state index contributed by atoms with van der Waals surface area (Å²) in [6.45, 7) is 2.93. The summed E-state index contributed by atoms with van der Waals surface area (Å²) < 4.78 is 10.6. The molecule has 0 saturated carbocycles. The van der Waals surface area contributed by atoms with Gasteiger partial charge >= 0.3 is 0 Å². The van der Waals surface area contributed by atoms with Gasteiger partial charge in [0.05, 0.1) is 42.8 Å². The van der Waals surface area contributed by atoms with E-state index in [0.717, 1.165) is 5.56 Å². The summed E-state index contributed by atoms with van der Waals surface area (Å²) in [5.74, 6) is 0.124. The predicted octanol–water partition coefficient (Wildman–Crippen LogP) is 2.27. The number of fused-ring (bicyclic) bond motifs is 1. The fourth-order valence-electron chi connectivity index (χ4n) is 4.23. The minimum absolute atomic E-state index is 0.0983. The number of para-hydroxylation sites is 1. The second kappa shape index (κ2) is 10.0. The maximum atomic E-state index is 13.5. The van der Waals surface area contributed by atoms with Gasteiger partial charge in [0.15, 0.2) is 0 Å². The Bertz CT molecular complexity index is 1270. The standard InChI is InChI=1S/C25H28N4O5/c1-16-8-9-21(34-3)20(12-16)29-14-17(13-23(29)30)25(32)28(10-11-33-2)15-22-26-19-7-5-4-6-18(19)24(31)27-22/h4-9,12,17H,10-11,13-15H2,1-3H3,(H,26,27,31). The van der Waals surface area contributed by atoms with Crippen molar-refractivity contribution < 1.29 is 19.1 Å². The van der Waals surface area contributed by atoms with Crippen molar-refractivity contribution in [2.75, 3.05) is 38.8 Å². The minimum atomic E-state index is -0.526. The van der Waals surface area contributed by atoms with Gasteiger partial charge in [-0.1, -0.05) is 18.2 Å². The number of benzene rings is 2. The number of methoxy groups -OCH3 is 2. The zero-order chi connectivity index (χ0) is 24.2. The smallest absolute Gasteiger partial charge is 0.258 e. The molecule has 34 heavy (non-hydrogen) atoms. The molecule has 4 rings (SSSR count). The highest BCUT2D eigenvalue weighted by Crippen LogP contribution is 2.34. The Kier molecular flexibility index (Phi) is 6.93. The number of carbonyl (C=O) groups excluding carboxylic acids is 2. The number of hydrogen-bond donors (Lipinski definition) is 1. The number of carbonyl (C=O) groups is 2. The van der Waals surface area contributed by atoms with Crippen molar-refractivity contribution in [2.24, 2.45) is 5.92 Å². The van der Waals surface area contributed by atoms with E-state index in [2.05, 4.69) is 9.97 Å². The van der Waals surface area contributed by atoms with Gasteiger partial charge in [-0.15, -0.1) is 0 Å². The Hall–Kier alpha value is -3.72. The van der Waals surface area contributed by atoms with E-state index in [9.17, 15) is 14.4 Å². The lowest BCUT2D eigenvalue weighted by atomic mass is 10.1. The number of aromatic amines is 1. The predicted molar refractivity (Wildman–Crippen MR) is 128 cm³/mol.